The van der Waals surface area contributed by atoms with E-state index in [0.29, 0.717) is 13.0 Å². The first-order valence-corrected chi connectivity index (χ1v) is 11.9. The average Bonchev–Trinajstić information content (AvgIpc) is 3.29. The van der Waals surface area contributed by atoms with Gasteiger partial charge in [-0.3, -0.25) is 4.68 Å². The van der Waals surface area contributed by atoms with Gasteiger partial charge in [0.15, 0.2) is 0 Å². The van der Waals surface area contributed by atoms with E-state index in [0.717, 1.165) is 40.6 Å². The fourth-order valence-corrected chi connectivity index (χ4v) is 4.50. The summed E-state index contributed by atoms with van der Waals surface area (Å²) in [5, 5.41) is 7.29. The third-order valence-corrected chi connectivity index (χ3v) is 6.46. The predicted octanol–water partition coefficient (Wildman–Crippen LogP) is 6.84. The Morgan fingerprint density at radius 3 is 2.26 bits per heavy atom. The molecule has 0 radical (unpaired) electrons. The first-order chi connectivity index (χ1) is 16.7. The van der Waals surface area contributed by atoms with Crippen molar-refractivity contribution < 1.29 is 4.79 Å². The van der Waals surface area contributed by atoms with Crippen LogP contribution in [0.4, 0.5) is 0 Å². The quantitative estimate of drug-likeness (QED) is 0.246. The Labute approximate surface area is 200 Å². The van der Waals surface area contributed by atoms with Gasteiger partial charge in [-0.05, 0) is 45.5 Å². The normalized spacial score (nSPS) is 12.0. The molecule has 5 rings (SSSR count). The predicted molar refractivity (Wildman–Crippen MR) is 139 cm³/mol. The number of nitrogens with zero attached hydrogens (tertiary/aromatic N) is 2. The van der Waals surface area contributed by atoms with E-state index in [-0.39, 0.29) is 5.92 Å². The summed E-state index contributed by atoms with van der Waals surface area (Å²) in [6.45, 7) is 2.85. The van der Waals surface area contributed by atoms with Crippen molar-refractivity contribution in [2.24, 2.45) is 0 Å². The molecule has 0 aliphatic rings. The van der Waals surface area contributed by atoms with Crippen LogP contribution in [0.15, 0.2) is 103 Å². The smallest absolute Gasteiger partial charge is 0.127 e. The number of rotatable bonds is 8. The molecule has 0 fully saturated rings. The molecule has 0 N–H and O–H groups in total. The van der Waals surface area contributed by atoms with Crippen molar-refractivity contribution in [1.29, 1.82) is 0 Å². The van der Waals surface area contributed by atoms with Crippen molar-refractivity contribution in [1.82, 2.24) is 9.78 Å². The minimum absolute atomic E-state index is 0.236. The lowest BCUT2D eigenvalue weighted by atomic mass is 9.93. The lowest BCUT2D eigenvalue weighted by molar-refractivity contribution is -0.109. The minimum atomic E-state index is -0.236. The molecule has 0 bridgehead atoms. The van der Waals surface area contributed by atoms with Crippen LogP contribution in [0.5, 0.6) is 0 Å². The van der Waals surface area contributed by atoms with Gasteiger partial charge in [-0.1, -0.05) is 104 Å². The zero-order chi connectivity index (χ0) is 23.3. The molecular formula is C31H28N2O. The molecule has 0 aliphatic heterocycles. The van der Waals surface area contributed by atoms with E-state index in [1.165, 1.54) is 16.5 Å². The van der Waals surface area contributed by atoms with Gasteiger partial charge in [0, 0.05) is 12.3 Å². The highest BCUT2D eigenvalue weighted by atomic mass is 16.1. The van der Waals surface area contributed by atoms with Crippen LogP contribution in [0.3, 0.4) is 0 Å². The van der Waals surface area contributed by atoms with Crippen molar-refractivity contribution in [3.05, 3.63) is 126 Å². The molecule has 3 nitrogen and oxygen atoms in total. The second-order valence-electron chi connectivity index (χ2n) is 8.77. The molecule has 1 aromatic heterocycles. The summed E-state index contributed by atoms with van der Waals surface area (Å²) in [4.78, 5) is 12.1. The molecule has 0 saturated carbocycles. The maximum Gasteiger partial charge on any atom is 0.127 e. The summed E-state index contributed by atoms with van der Waals surface area (Å²) in [5.74, 6) is -0.236. The Morgan fingerprint density at radius 2 is 1.53 bits per heavy atom. The van der Waals surface area contributed by atoms with Crippen molar-refractivity contribution >= 4 is 17.1 Å². The molecule has 34 heavy (non-hydrogen) atoms. The third kappa shape index (κ3) is 4.69. The Bertz CT molecular complexity index is 1400. The van der Waals surface area contributed by atoms with Crippen molar-refractivity contribution in [2.45, 2.75) is 32.2 Å². The molecule has 5 aromatic rings. The maximum absolute atomic E-state index is 12.1. The summed E-state index contributed by atoms with van der Waals surface area (Å²) >= 11 is 0. The van der Waals surface area contributed by atoms with Crippen LogP contribution >= 0.6 is 0 Å². The maximum atomic E-state index is 12.1. The molecule has 3 heteroatoms. The molecule has 0 saturated heterocycles. The van der Waals surface area contributed by atoms with E-state index < -0.39 is 0 Å². The van der Waals surface area contributed by atoms with Crippen LogP contribution < -0.4 is 0 Å². The minimum Gasteiger partial charge on any atom is -0.303 e. The zero-order valence-electron chi connectivity index (χ0n) is 19.4. The lowest BCUT2D eigenvalue weighted by Gasteiger charge is -2.10. The number of aryl methyl sites for hydroxylation is 1. The first-order valence-electron chi connectivity index (χ1n) is 11.9. The second kappa shape index (κ2) is 9.88. The molecule has 168 valence electrons. The Balaban J connectivity index is 1.48. The summed E-state index contributed by atoms with van der Waals surface area (Å²) in [6, 6.07) is 35.7. The van der Waals surface area contributed by atoms with Crippen LogP contribution in [-0.4, -0.2) is 16.1 Å². The third-order valence-electron chi connectivity index (χ3n) is 6.46. The number of hydrogen-bond acceptors (Lipinski definition) is 2. The molecule has 0 aliphatic carbocycles. The summed E-state index contributed by atoms with van der Waals surface area (Å²) in [7, 11) is 0. The summed E-state index contributed by atoms with van der Waals surface area (Å²) < 4.78 is 2.06. The zero-order valence-corrected chi connectivity index (χ0v) is 19.4. The fourth-order valence-electron chi connectivity index (χ4n) is 4.50. The lowest BCUT2D eigenvalue weighted by Crippen LogP contribution is -2.07. The summed E-state index contributed by atoms with van der Waals surface area (Å²) in [6.07, 6.45) is 2.64. The van der Waals surface area contributed by atoms with E-state index in [4.69, 9.17) is 5.10 Å². The number of carbonyl (C=O) groups is 1. The van der Waals surface area contributed by atoms with Crippen molar-refractivity contribution in [3.63, 3.8) is 0 Å². The summed E-state index contributed by atoms with van der Waals surface area (Å²) in [5.41, 5.74) is 6.68. The second-order valence-corrected chi connectivity index (χ2v) is 8.77. The number of hydrogen-bond donors (Lipinski definition) is 0. The number of fused-ring (bicyclic) bond motifs is 1. The van der Waals surface area contributed by atoms with Crippen molar-refractivity contribution in [2.75, 3.05) is 0 Å². The Hall–Kier alpha value is -3.98. The van der Waals surface area contributed by atoms with E-state index in [1.54, 1.807) is 0 Å². The van der Waals surface area contributed by atoms with Crippen LogP contribution in [0.1, 0.15) is 35.2 Å². The number of aromatic nitrogens is 2. The van der Waals surface area contributed by atoms with Crippen LogP contribution in [0, 0.1) is 0 Å². The highest BCUT2D eigenvalue weighted by Gasteiger charge is 2.17. The SMILES string of the molecule is CCc1ccc(-c2cc(CC(C=O)c3ccc4ccccc4c3)nn2Cc2ccccc2)cc1. The highest BCUT2D eigenvalue weighted by molar-refractivity contribution is 5.84. The van der Waals surface area contributed by atoms with Gasteiger partial charge < -0.3 is 4.79 Å². The largest absolute Gasteiger partial charge is 0.303 e. The van der Waals surface area contributed by atoms with Crippen LogP contribution in [0.2, 0.25) is 0 Å². The van der Waals surface area contributed by atoms with E-state index >= 15 is 0 Å². The molecule has 0 amide bonds. The van der Waals surface area contributed by atoms with Crippen LogP contribution in [0.25, 0.3) is 22.0 Å². The van der Waals surface area contributed by atoms with Gasteiger partial charge in [0.1, 0.15) is 6.29 Å². The Morgan fingerprint density at radius 1 is 0.794 bits per heavy atom. The molecular weight excluding hydrogens is 416 g/mol. The Kier molecular flexibility index (Phi) is 6.35. The van der Waals surface area contributed by atoms with E-state index in [1.807, 2.05) is 18.2 Å². The standard InChI is InChI=1S/C31H28N2O/c1-2-23-12-14-26(15-13-23)31-20-30(32-33(31)21-24-8-4-3-5-9-24)19-29(22-34)28-17-16-25-10-6-7-11-27(25)18-28/h3-18,20,22,29H,2,19,21H2,1H3. The van der Waals surface area contributed by atoms with Gasteiger partial charge in [-0.15, -0.1) is 0 Å². The number of aldehydes is 1. The van der Waals surface area contributed by atoms with Crippen LogP contribution in [-0.2, 0) is 24.2 Å². The average molecular weight is 445 g/mol. The van der Waals surface area contributed by atoms with Gasteiger partial charge in [0.05, 0.1) is 17.9 Å². The topological polar surface area (TPSA) is 34.9 Å². The van der Waals surface area contributed by atoms with Crippen molar-refractivity contribution in [3.8, 4) is 11.3 Å². The molecule has 1 heterocycles. The number of benzene rings is 4. The van der Waals surface area contributed by atoms with E-state index in [9.17, 15) is 4.79 Å². The van der Waals surface area contributed by atoms with Gasteiger partial charge in [0.25, 0.3) is 0 Å². The molecule has 1 atom stereocenters. The highest BCUT2D eigenvalue weighted by Crippen LogP contribution is 2.27. The molecule has 4 aromatic carbocycles. The van der Waals surface area contributed by atoms with Gasteiger partial charge in [-0.25, -0.2) is 0 Å². The monoisotopic (exact) mass is 444 g/mol. The number of carbonyl (C=O) groups excluding carboxylic acids is 1. The van der Waals surface area contributed by atoms with Gasteiger partial charge in [-0.2, -0.15) is 5.10 Å². The first kappa shape index (κ1) is 21.8. The fraction of sp³-hybridized carbons (Fsp3) is 0.161. The van der Waals surface area contributed by atoms with Gasteiger partial charge >= 0.3 is 0 Å². The van der Waals surface area contributed by atoms with Gasteiger partial charge in [0.2, 0.25) is 0 Å². The van der Waals surface area contributed by atoms with E-state index in [2.05, 4.69) is 96.5 Å². The molecule has 0 spiro atoms. The molecule has 1 unspecified atom stereocenters.